The van der Waals surface area contributed by atoms with Crippen LogP contribution in [0.5, 0.6) is 5.75 Å². The average Bonchev–Trinajstić information content (AvgIpc) is 3.38. The molecule has 1 amide bonds. The first-order valence-corrected chi connectivity index (χ1v) is 13.8. The molecule has 1 atom stereocenters. The molecule has 0 bridgehead atoms. The molecule has 1 heterocycles. The van der Waals surface area contributed by atoms with E-state index in [-0.39, 0.29) is 37.3 Å². The molecular formula is C30H35F3N4O5. The zero-order valence-electron chi connectivity index (χ0n) is 23.6. The number of hydrogen-bond acceptors (Lipinski definition) is 6. The van der Waals surface area contributed by atoms with Crippen molar-refractivity contribution in [1.29, 1.82) is 0 Å². The Morgan fingerprint density at radius 1 is 1.10 bits per heavy atom. The van der Waals surface area contributed by atoms with Gasteiger partial charge >= 0.3 is 12.3 Å². The number of benzene rings is 2. The fourth-order valence-corrected chi connectivity index (χ4v) is 5.26. The number of carbonyl (C=O) groups is 2. The van der Waals surface area contributed by atoms with Crippen molar-refractivity contribution in [1.82, 2.24) is 14.7 Å². The number of hydrogen-bond donors (Lipinski definition) is 2. The van der Waals surface area contributed by atoms with E-state index in [2.05, 4.69) is 10.1 Å². The van der Waals surface area contributed by atoms with Crippen molar-refractivity contribution in [3.8, 4) is 11.4 Å². The third-order valence-electron chi connectivity index (χ3n) is 7.36. The highest BCUT2D eigenvalue weighted by Crippen LogP contribution is 2.38. The Bertz CT molecular complexity index is 1340. The summed E-state index contributed by atoms with van der Waals surface area (Å²) in [4.78, 5) is 25.0. The summed E-state index contributed by atoms with van der Waals surface area (Å²) in [5.41, 5.74) is 3.47. The van der Waals surface area contributed by atoms with Gasteiger partial charge in [-0.2, -0.15) is 5.10 Å². The first kappa shape index (κ1) is 30.9. The normalized spacial score (nSPS) is 14.8. The number of rotatable bonds is 12. The zero-order valence-corrected chi connectivity index (χ0v) is 23.6. The number of carboxylic acid groups (broad SMARTS) is 1. The molecule has 1 aromatic heterocycles. The van der Waals surface area contributed by atoms with Crippen LogP contribution >= 0.6 is 0 Å². The summed E-state index contributed by atoms with van der Waals surface area (Å²) in [6.45, 7) is 0.362. The van der Waals surface area contributed by atoms with Crippen molar-refractivity contribution in [2.45, 2.75) is 57.5 Å². The van der Waals surface area contributed by atoms with Crippen molar-refractivity contribution in [3.63, 3.8) is 0 Å². The van der Waals surface area contributed by atoms with E-state index in [9.17, 15) is 22.8 Å². The predicted octanol–water partition coefficient (Wildman–Crippen LogP) is 6.20. The maximum Gasteiger partial charge on any atom is 0.573 e. The maximum atomic E-state index is 12.7. The van der Waals surface area contributed by atoms with E-state index in [1.165, 1.54) is 35.6 Å². The number of methoxy groups -OCH3 is 1. The van der Waals surface area contributed by atoms with Gasteiger partial charge in [0, 0.05) is 43.7 Å². The lowest BCUT2D eigenvalue weighted by Gasteiger charge is -2.32. The van der Waals surface area contributed by atoms with E-state index < -0.39 is 12.3 Å². The molecule has 12 heteroatoms. The van der Waals surface area contributed by atoms with Gasteiger partial charge in [0.15, 0.2) is 0 Å². The number of nitrogens with one attached hydrogen (secondary N) is 1. The van der Waals surface area contributed by atoms with Crippen molar-refractivity contribution in [2.24, 2.45) is 5.92 Å². The number of alkyl halides is 3. The van der Waals surface area contributed by atoms with Crippen LogP contribution in [0.25, 0.3) is 5.69 Å². The van der Waals surface area contributed by atoms with Crippen LogP contribution in [0.1, 0.15) is 66.2 Å². The number of ether oxygens (including phenoxy) is 2. The molecule has 0 spiro atoms. The van der Waals surface area contributed by atoms with Crippen LogP contribution in [-0.4, -0.2) is 58.7 Å². The Morgan fingerprint density at radius 3 is 2.36 bits per heavy atom. The SMILES string of the molecule is COCc1nn(-c2ccc(OC(F)(F)F)cc2)cc1C(Nc1ccc(C(=O)N(C)CCC(=O)O)cc1)C1CCCCC1. The van der Waals surface area contributed by atoms with Crippen LogP contribution in [0.2, 0.25) is 0 Å². The number of halogens is 3. The fraction of sp³-hybridized carbons (Fsp3) is 0.433. The first-order chi connectivity index (χ1) is 20.0. The van der Waals surface area contributed by atoms with Crippen LogP contribution in [0.4, 0.5) is 18.9 Å². The summed E-state index contributed by atoms with van der Waals surface area (Å²) in [6, 6.07) is 12.5. The van der Waals surface area contributed by atoms with Gasteiger partial charge < -0.3 is 24.8 Å². The molecule has 42 heavy (non-hydrogen) atoms. The number of nitrogens with zero attached hydrogens (tertiary/aromatic N) is 3. The van der Waals surface area contributed by atoms with Crippen molar-refractivity contribution in [3.05, 3.63) is 71.5 Å². The second-order valence-electron chi connectivity index (χ2n) is 10.4. The highest BCUT2D eigenvalue weighted by Gasteiger charge is 2.31. The van der Waals surface area contributed by atoms with Crippen molar-refractivity contribution in [2.75, 3.05) is 26.0 Å². The number of amides is 1. The minimum atomic E-state index is -4.77. The minimum Gasteiger partial charge on any atom is -0.481 e. The summed E-state index contributed by atoms with van der Waals surface area (Å²) in [7, 11) is 3.15. The molecule has 0 saturated heterocycles. The third-order valence-corrected chi connectivity index (χ3v) is 7.36. The molecule has 3 aromatic rings. The molecule has 0 aliphatic heterocycles. The minimum absolute atomic E-state index is 0.113. The van der Waals surface area contributed by atoms with Gasteiger partial charge in [-0.3, -0.25) is 9.59 Å². The van der Waals surface area contributed by atoms with Crippen LogP contribution in [-0.2, 0) is 16.1 Å². The molecule has 0 radical (unpaired) electrons. The van der Waals surface area contributed by atoms with E-state index in [0.29, 0.717) is 22.9 Å². The lowest BCUT2D eigenvalue weighted by atomic mass is 9.81. The number of carbonyl (C=O) groups excluding carboxylic acids is 1. The molecule has 1 saturated carbocycles. The molecular weight excluding hydrogens is 553 g/mol. The van der Waals surface area contributed by atoms with E-state index in [1.807, 2.05) is 18.3 Å². The quantitative estimate of drug-likeness (QED) is 0.260. The van der Waals surface area contributed by atoms with Gasteiger partial charge in [-0.25, -0.2) is 4.68 Å². The summed E-state index contributed by atoms with van der Waals surface area (Å²) in [5.74, 6) is -1.24. The summed E-state index contributed by atoms with van der Waals surface area (Å²) >= 11 is 0. The average molecular weight is 589 g/mol. The van der Waals surface area contributed by atoms with Crippen LogP contribution < -0.4 is 10.1 Å². The highest BCUT2D eigenvalue weighted by molar-refractivity contribution is 5.94. The zero-order chi connectivity index (χ0) is 30.3. The molecule has 1 aliphatic rings. The highest BCUT2D eigenvalue weighted by atomic mass is 19.4. The Morgan fingerprint density at radius 2 is 1.76 bits per heavy atom. The fourth-order valence-electron chi connectivity index (χ4n) is 5.26. The van der Waals surface area contributed by atoms with Gasteiger partial charge in [-0.15, -0.1) is 13.2 Å². The Kier molecular flexibility index (Phi) is 10.1. The van der Waals surface area contributed by atoms with E-state index >= 15 is 0 Å². The Labute approximate surface area is 242 Å². The monoisotopic (exact) mass is 588 g/mol. The standard InChI is InChI=1S/C30H35F3N4O5/c1-36(17-16-27(38)39)29(40)21-8-10-22(11-9-21)34-28(20-6-4-3-5-7-20)25-18-37(35-26(25)19-41-2)23-12-14-24(15-13-23)42-30(31,32)33/h8-15,18,20,28,34H,3-7,16-17,19H2,1-2H3,(H,38,39). The maximum absolute atomic E-state index is 12.7. The third kappa shape index (κ3) is 8.25. The van der Waals surface area contributed by atoms with Crippen molar-refractivity contribution >= 4 is 17.6 Å². The second-order valence-corrected chi connectivity index (χ2v) is 10.4. The number of anilines is 1. The largest absolute Gasteiger partial charge is 0.573 e. The van der Waals surface area contributed by atoms with Gasteiger partial charge in [-0.1, -0.05) is 19.3 Å². The number of aromatic nitrogens is 2. The van der Waals surface area contributed by atoms with Gasteiger partial charge in [0.1, 0.15) is 5.75 Å². The summed E-state index contributed by atoms with van der Waals surface area (Å²) in [5, 5.41) is 17.3. The van der Waals surface area contributed by atoms with E-state index in [4.69, 9.17) is 14.9 Å². The molecule has 2 N–H and O–H groups in total. The first-order valence-electron chi connectivity index (χ1n) is 13.8. The van der Waals surface area contributed by atoms with Crippen LogP contribution in [0.15, 0.2) is 54.7 Å². The van der Waals surface area contributed by atoms with Crippen LogP contribution in [0, 0.1) is 5.92 Å². The predicted molar refractivity (Wildman–Crippen MR) is 150 cm³/mol. The Balaban J connectivity index is 1.59. The molecule has 1 aliphatic carbocycles. The van der Waals surface area contributed by atoms with E-state index in [0.717, 1.165) is 36.9 Å². The molecule has 2 aromatic carbocycles. The lowest BCUT2D eigenvalue weighted by Crippen LogP contribution is -2.29. The lowest BCUT2D eigenvalue weighted by molar-refractivity contribution is -0.274. The van der Waals surface area contributed by atoms with Gasteiger partial charge in [-0.05, 0) is 67.3 Å². The molecule has 1 unspecified atom stereocenters. The molecule has 9 nitrogen and oxygen atoms in total. The Hall–Kier alpha value is -4.06. The molecule has 226 valence electrons. The van der Waals surface area contributed by atoms with Crippen LogP contribution in [0.3, 0.4) is 0 Å². The van der Waals surface area contributed by atoms with E-state index in [1.54, 1.807) is 31.0 Å². The number of carboxylic acids is 1. The van der Waals surface area contributed by atoms with Gasteiger partial charge in [0.05, 0.1) is 30.5 Å². The van der Waals surface area contributed by atoms with Gasteiger partial charge in [0.2, 0.25) is 0 Å². The number of aliphatic carboxylic acids is 1. The topological polar surface area (TPSA) is 106 Å². The second kappa shape index (κ2) is 13.7. The summed E-state index contributed by atoms with van der Waals surface area (Å²) in [6.07, 6.45) is 2.40. The summed E-state index contributed by atoms with van der Waals surface area (Å²) < 4.78 is 48.9. The smallest absolute Gasteiger partial charge is 0.481 e. The van der Waals surface area contributed by atoms with Crippen molar-refractivity contribution < 1.29 is 37.3 Å². The van der Waals surface area contributed by atoms with Gasteiger partial charge in [0.25, 0.3) is 5.91 Å². The molecule has 4 rings (SSSR count). The molecule has 1 fully saturated rings.